The van der Waals surface area contributed by atoms with Gasteiger partial charge in [0.05, 0.1) is 0 Å². The van der Waals surface area contributed by atoms with Gasteiger partial charge in [-0.1, -0.05) is 15.9 Å². The topological polar surface area (TPSA) is 59.6 Å². The standard InChI is InChI=1S/C9H9BrN4S/c1-5-4-6(2-3-7(5)10)8-12-13-9(15)14(8)11/h2-4H,11H2,1H3,(H,13,15). The van der Waals surface area contributed by atoms with Crippen LogP contribution >= 0.6 is 28.1 Å². The van der Waals surface area contributed by atoms with Crippen LogP contribution in [0.5, 0.6) is 0 Å². The molecule has 1 heterocycles. The Hall–Kier alpha value is -1.14. The molecule has 1 aromatic carbocycles. The summed E-state index contributed by atoms with van der Waals surface area (Å²) < 4.78 is 2.83. The Morgan fingerprint density at radius 2 is 2.27 bits per heavy atom. The predicted octanol–water partition coefficient (Wildman–Crippen LogP) is 2.39. The number of nitrogens with zero attached hydrogens (tertiary/aromatic N) is 2. The predicted molar refractivity (Wildman–Crippen MR) is 65.4 cm³/mol. The zero-order valence-electron chi connectivity index (χ0n) is 7.99. The van der Waals surface area contributed by atoms with Crippen LogP contribution in [0.25, 0.3) is 11.4 Å². The van der Waals surface area contributed by atoms with Crippen molar-refractivity contribution >= 4 is 28.1 Å². The molecule has 4 nitrogen and oxygen atoms in total. The number of halogens is 1. The second-order valence-electron chi connectivity index (χ2n) is 3.19. The Bertz CT molecular complexity index is 557. The van der Waals surface area contributed by atoms with E-state index in [1.807, 2.05) is 25.1 Å². The zero-order valence-corrected chi connectivity index (χ0v) is 10.4. The van der Waals surface area contributed by atoms with Crippen molar-refractivity contribution in [2.45, 2.75) is 6.92 Å². The Balaban J connectivity index is 2.59. The first-order valence-electron chi connectivity index (χ1n) is 4.28. The molecule has 1 aromatic heterocycles. The van der Waals surface area contributed by atoms with Crippen molar-refractivity contribution in [2.75, 3.05) is 5.84 Å². The van der Waals surface area contributed by atoms with Gasteiger partial charge >= 0.3 is 0 Å². The normalized spacial score (nSPS) is 10.5. The van der Waals surface area contributed by atoms with Crippen LogP contribution in [0.4, 0.5) is 0 Å². The quantitative estimate of drug-likeness (QED) is 0.624. The number of hydrogen-bond donors (Lipinski definition) is 2. The number of aromatic nitrogens is 3. The minimum absolute atomic E-state index is 0.408. The monoisotopic (exact) mass is 284 g/mol. The molecule has 0 radical (unpaired) electrons. The van der Waals surface area contributed by atoms with Gasteiger partial charge in [-0.3, -0.25) is 0 Å². The molecule has 15 heavy (non-hydrogen) atoms. The van der Waals surface area contributed by atoms with E-state index < -0.39 is 0 Å². The van der Waals surface area contributed by atoms with Gasteiger partial charge in [0.25, 0.3) is 0 Å². The molecule has 3 N–H and O–H groups in total. The third kappa shape index (κ3) is 1.82. The summed E-state index contributed by atoms with van der Waals surface area (Å²) in [5.41, 5.74) is 2.06. The smallest absolute Gasteiger partial charge is 0.214 e. The van der Waals surface area contributed by atoms with E-state index >= 15 is 0 Å². The van der Waals surface area contributed by atoms with E-state index in [1.54, 1.807) is 0 Å². The van der Waals surface area contributed by atoms with Gasteiger partial charge in [0.15, 0.2) is 5.82 Å². The second-order valence-corrected chi connectivity index (χ2v) is 4.43. The molecule has 0 saturated carbocycles. The Morgan fingerprint density at radius 1 is 1.53 bits per heavy atom. The fraction of sp³-hybridized carbons (Fsp3) is 0.111. The highest BCUT2D eigenvalue weighted by Gasteiger charge is 2.07. The molecule has 2 aromatic rings. The summed E-state index contributed by atoms with van der Waals surface area (Å²) in [6, 6.07) is 5.90. The van der Waals surface area contributed by atoms with Crippen LogP contribution in [0.1, 0.15) is 5.56 Å². The summed E-state index contributed by atoms with van der Waals surface area (Å²) in [5.74, 6) is 6.36. The van der Waals surface area contributed by atoms with Gasteiger partial charge in [0.1, 0.15) is 0 Å². The molecule has 0 aliphatic heterocycles. The lowest BCUT2D eigenvalue weighted by atomic mass is 10.1. The minimum Gasteiger partial charge on any atom is -0.335 e. The molecule has 0 saturated heterocycles. The third-order valence-electron chi connectivity index (χ3n) is 2.12. The summed E-state index contributed by atoms with van der Waals surface area (Å²) >= 11 is 8.38. The number of aromatic amines is 1. The van der Waals surface area contributed by atoms with Crippen molar-refractivity contribution in [3.05, 3.63) is 33.0 Å². The lowest BCUT2D eigenvalue weighted by molar-refractivity contribution is 0.984. The van der Waals surface area contributed by atoms with Gasteiger partial charge < -0.3 is 5.84 Å². The van der Waals surface area contributed by atoms with Crippen LogP contribution < -0.4 is 5.84 Å². The SMILES string of the molecule is Cc1cc(-c2n[nH]c(=S)n2N)ccc1Br. The number of hydrogen-bond acceptors (Lipinski definition) is 3. The molecule has 78 valence electrons. The first kappa shape index (κ1) is 10.4. The molecule has 6 heteroatoms. The van der Waals surface area contributed by atoms with Crippen LogP contribution in [-0.4, -0.2) is 14.9 Å². The summed E-state index contributed by atoms with van der Waals surface area (Å²) in [6.07, 6.45) is 0. The van der Waals surface area contributed by atoms with Gasteiger partial charge in [-0.2, -0.15) is 5.10 Å². The van der Waals surface area contributed by atoms with Gasteiger partial charge in [0, 0.05) is 10.0 Å². The van der Waals surface area contributed by atoms with E-state index in [9.17, 15) is 0 Å². The van der Waals surface area contributed by atoms with Crippen molar-refractivity contribution in [1.29, 1.82) is 0 Å². The van der Waals surface area contributed by atoms with E-state index in [0.29, 0.717) is 10.6 Å². The highest BCUT2D eigenvalue weighted by Crippen LogP contribution is 2.22. The number of H-pyrrole nitrogens is 1. The maximum Gasteiger partial charge on any atom is 0.214 e. The molecule has 0 fully saturated rings. The lowest BCUT2D eigenvalue weighted by Gasteiger charge is -2.03. The maximum absolute atomic E-state index is 5.73. The average Bonchev–Trinajstić information content (AvgIpc) is 2.53. The Morgan fingerprint density at radius 3 is 2.80 bits per heavy atom. The largest absolute Gasteiger partial charge is 0.335 e. The molecule has 0 atom stereocenters. The molecule has 0 aliphatic carbocycles. The van der Waals surface area contributed by atoms with Crippen LogP contribution in [0.2, 0.25) is 0 Å². The number of benzene rings is 1. The lowest BCUT2D eigenvalue weighted by Crippen LogP contribution is -2.09. The third-order valence-corrected chi connectivity index (χ3v) is 3.30. The Kier molecular flexibility index (Phi) is 2.62. The van der Waals surface area contributed by atoms with E-state index in [2.05, 4.69) is 26.1 Å². The first-order chi connectivity index (χ1) is 7.09. The van der Waals surface area contributed by atoms with E-state index in [0.717, 1.165) is 15.6 Å². The minimum atomic E-state index is 0.408. The fourth-order valence-corrected chi connectivity index (χ4v) is 1.67. The molecule has 0 aliphatic rings. The molecular weight excluding hydrogens is 276 g/mol. The van der Waals surface area contributed by atoms with Crippen molar-refractivity contribution < 1.29 is 0 Å². The van der Waals surface area contributed by atoms with Crippen molar-refractivity contribution in [1.82, 2.24) is 14.9 Å². The van der Waals surface area contributed by atoms with Crippen molar-refractivity contribution in [3.8, 4) is 11.4 Å². The fourth-order valence-electron chi connectivity index (χ4n) is 1.29. The second kappa shape index (κ2) is 3.79. The highest BCUT2D eigenvalue weighted by molar-refractivity contribution is 9.10. The number of nitrogen functional groups attached to an aromatic ring is 1. The summed E-state index contributed by atoms with van der Waals surface area (Å²) in [6.45, 7) is 2.01. The molecule has 0 unspecified atom stereocenters. The highest BCUT2D eigenvalue weighted by atomic mass is 79.9. The average molecular weight is 285 g/mol. The number of rotatable bonds is 1. The van der Waals surface area contributed by atoms with Crippen LogP contribution in [-0.2, 0) is 0 Å². The molecule has 2 rings (SSSR count). The Labute approximate surface area is 100 Å². The van der Waals surface area contributed by atoms with Gasteiger partial charge in [-0.05, 0) is 42.9 Å². The molecule has 0 bridgehead atoms. The summed E-state index contributed by atoms with van der Waals surface area (Å²) in [7, 11) is 0. The zero-order chi connectivity index (χ0) is 11.0. The van der Waals surface area contributed by atoms with Gasteiger partial charge in [-0.15, -0.1) is 0 Å². The summed E-state index contributed by atoms with van der Waals surface area (Å²) in [5, 5.41) is 6.71. The van der Waals surface area contributed by atoms with Crippen LogP contribution in [0.15, 0.2) is 22.7 Å². The number of nitrogens with two attached hydrogens (primary N) is 1. The van der Waals surface area contributed by atoms with Crippen LogP contribution in [0, 0.1) is 11.7 Å². The molecular formula is C9H9BrN4S. The van der Waals surface area contributed by atoms with Crippen molar-refractivity contribution in [2.24, 2.45) is 0 Å². The van der Waals surface area contributed by atoms with Gasteiger partial charge in [0.2, 0.25) is 4.77 Å². The number of aryl methyl sites for hydroxylation is 1. The first-order valence-corrected chi connectivity index (χ1v) is 5.49. The maximum atomic E-state index is 5.73. The van der Waals surface area contributed by atoms with Gasteiger partial charge in [-0.25, -0.2) is 9.77 Å². The van der Waals surface area contributed by atoms with E-state index in [4.69, 9.17) is 18.1 Å². The summed E-state index contributed by atoms with van der Waals surface area (Å²) in [4.78, 5) is 0. The van der Waals surface area contributed by atoms with E-state index in [-0.39, 0.29) is 0 Å². The van der Waals surface area contributed by atoms with Crippen LogP contribution in [0.3, 0.4) is 0 Å². The van der Waals surface area contributed by atoms with E-state index in [1.165, 1.54) is 4.68 Å². The molecule has 0 spiro atoms. The molecule has 0 amide bonds. The van der Waals surface area contributed by atoms with Crippen molar-refractivity contribution in [3.63, 3.8) is 0 Å². The number of nitrogens with one attached hydrogen (secondary N) is 1.